The zero-order valence-electron chi connectivity index (χ0n) is 12.8. The summed E-state index contributed by atoms with van der Waals surface area (Å²) < 4.78 is 21.6. The summed E-state index contributed by atoms with van der Waals surface area (Å²) in [4.78, 5) is 11.3. The minimum atomic E-state index is -1.33. The number of halogens is 1. The molecule has 2 unspecified atom stereocenters. The molecular formula is C18H16BrNO3S. The van der Waals surface area contributed by atoms with E-state index in [-0.39, 0.29) is 23.7 Å². The van der Waals surface area contributed by atoms with Crippen molar-refractivity contribution in [3.8, 4) is 5.75 Å². The van der Waals surface area contributed by atoms with Crippen LogP contribution in [0.5, 0.6) is 5.75 Å². The Morgan fingerprint density at radius 1 is 1.21 bits per heavy atom. The van der Waals surface area contributed by atoms with Gasteiger partial charge in [0.25, 0.3) is 5.91 Å². The monoisotopic (exact) mass is 405 g/mol. The molecule has 2 aromatic carbocycles. The molecule has 0 spiro atoms. The number of carbonyl (C=O) groups excluding carboxylic acids is 1. The van der Waals surface area contributed by atoms with E-state index in [0.717, 1.165) is 28.6 Å². The molecule has 2 aliphatic rings. The predicted molar refractivity (Wildman–Crippen MR) is 95.9 cm³/mol. The Morgan fingerprint density at radius 2 is 2.00 bits per heavy atom. The Hall–Kier alpha value is -1.50. The van der Waals surface area contributed by atoms with Gasteiger partial charge < -0.3 is 9.29 Å². The molecule has 1 amide bonds. The molecule has 3 atom stereocenters. The largest absolute Gasteiger partial charge is 0.593 e. The molecule has 0 bridgehead atoms. The average Bonchev–Trinajstić information content (AvgIpc) is 3.12. The first-order valence-corrected chi connectivity index (χ1v) is 9.86. The van der Waals surface area contributed by atoms with Crippen LogP contribution in [-0.2, 0) is 22.6 Å². The van der Waals surface area contributed by atoms with Gasteiger partial charge in [0.05, 0.1) is 17.8 Å². The van der Waals surface area contributed by atoms with E-state index in [1.54, 1.807) is 0 Å². The van der Waals surface area contributed by atoms with Crippen molar-refractivity contribution in [1.29, 1.82) is 0 Å². The third-order valence-electron chi connectivity index (χ3n) is 4.53. The molecule has 1 N–H and O–H groups in total. The maximum atomic E-state index is 11.9. The van der Waals surface area contributed by atoms with Crippen LogP contribution in [0.2, 0.25) is 0 Å². The van der Waals surface area contributed by atoms with Gasteiger partial charge in [-0.3, -0.25) is 4.79 Å². The summed E-state index contributed by atoms with van der Waals surface area (Å²) in [6.07, 6.45) is 2.31. The van der Waals surface area contributed by atoms with Gasteiger partial charge in [-0.25, -0.2) is 0 Å². The van der Waals surface area contributed by atoms with Gasteiger partial charge in [-0.05, 0) is 42.2 Å². The van der Waals surface area contributed by atoms with Crippen LogP contribution >= 0.6 is 15.9 Å². The quantitative estimate of drug-likeness (QED) is 0.791. The summed E-state index contributed by atoms with van der Waals surface area (Å²) >= 11 is 2.27. The number of rotatable bonds is 3. The third kappa shape index (κ3) is 2.94. The van der Waals surface area contributed by atoms with Gasteiger partial charge in [0.1, 0.15) is 11.9 Å². The Bertz CT molecular complexity index is 780. The summed E-state index contributed by atoms with van der Waals surface area (Å²) in [6, 6.07) is 13.8. The fraction of sp³-hybridized carbons (Fsp3) is 0.278. The van der Waals surface area contributed by atoms with Crippen LogP contribution in [0.1, 0.15) is 40.9 Å². The first-order valence-electron chi connectivity index (χ1n) is 7.86. The number of nitrogens with one attached hydrogen (secondary N) is 1. The highest BCUT2D eigenvalue weighted by molar-refractivity contribution is 9.10. The SMILES string of the molecule is O=C1CC(c2ccc(O[C@@H]3CCc4c(Br)cccc43)cc2)[S+]([O-])N1. The van der Waals surface area contributed by atoms with Crippen molar-refractivity contribution in [2.75, 3.05) is 0 Å². The number of benzene rings is 2. The normalized spacial score (nSPS) is 25.4. The lowest BCUT2D eigenvalue weighted by Gasteiger charge is -2.16. The molecular weight excluding hydrogens is 390 g/mol. The number of carbonyl (C=O) groups is 1. The molecule has 1 fully saturated rings. The highest BCUT2D eigenvalue weighted by Crippen LogP contribution is 2.39. The van der Waals surface area contributed by atoms with Crippen molar-refractivity contribution in [1.82, 2.24) is 4.72 Å². The fourth-order valence-electron chi connectivity index (χ4n) is 3.33. The molecule has 0 saturated carbocycles. The second kappa shape index (κ2) is 6.43. The molecule has 6 heteroatoms. The van der Waals surface area contributed by atoms with Crippen molar-refractivity contribution in [3.05, 3.63) is 63.6 Å². The van der Waals surface area contributed by atoms with Crippen LogP contribution in [0, 0.1) is 0 Å². The summed E-state index contributed by atoms with van der Waals surface area (Å²) in [7, 11) is 0. The highest BCUT2D eigenvalue weighted by Gasteiger charge is 2.37. The minimum Gasteiger partial charge on any atom is -0.593 e. The van der Waals surface area contributed by atoms with Crippen LogP contribution in [-0.4, -0.2) is 10.5 Å². The fourth-order valence-corrected chi connectivity index (χ4v) is 5.07. The van der Waals surface area contributed by atoms with Gasteiger partial charge in [-0.1, -0.05) is 40.2 Å². The summed E-state index contributed by atoms with van der Waals surface area (Å²) in [5.41, 5.74) is 3.46. The van der Waals surface area contributed by atoms with Crippen molar-refractivity contribution >= 4 is 33.2 Å². The van der Waals surface area contributed by atoms with Crippen molar-refractivity contribution in [2.24, 2.45) is 0 Å². The maximum Gasteiger partial charge on any atom is 0.266 e. The van der Waals surface area contributed by atoms with Crippen molar-refractivity contribution in [3.63, 3.8) is 0 Å². The standard InChI is InChI=1S/C18H16BrNO3S/c19-15-3-1-2-14-13(15)8-9-16(14)23-12-6-4-11(5-7-12)17-10-18(21)20-24(17)22/h1-7,16-17H,8-10H2,(H,20,21)/t16-,17?,24?/m1/s1. The number of ether oxygens (including phenoxy) is 1. The van der Waals surface area contributed by atoms with Gasteiger partial charge in [0, 0.05) is 10.0 Å². The summed E-state index contributed by atoms with van der Waals surface area (Å²) in [5, 5.41) is -0.269. The Labute approximate surface area is 152 Å². The topological polar surface area (TPSA) is 61.4 Å². The zero-order valence-corrected chi connectivity index (χ0v) is 15.2. The number of amides is 1. The molecule has 0 aromatic heterocycles. The lowest BCUT2D eigenvalue weighted by Crippen LogP contribution is -2.21. The zero-order chi connectivity index (χ0) is 16.7. The van der Waals surface area contributed by atoms with Crippen LogP contribution in [0.25, 0.3) is 0 Å². The van der Waals surface area contributed by atoms with Crippen LogP contribution in [0.3, 0.4) is 0 Å². The number of hydrogen-bond acceptors (Lipinski definition) is 3. The smallest absolute Gasteiger partial charge is 0.266 e. The van der Waals surface area contributed by atoms with Crippen molar-refractivity contribution in [2.45, 2.75) is 30.6 Å². The second-order valence-corrected chi connectivity index (χ2v) is 8.26. The number of hydrogen-bond donors (Lipinski definition) is 1. The highest BCUT2D eigenvalue weighted by atomic mass is 79.9. The van der Waals surface area contributed by atoms with E-state index >= 15 is 0 Å². The molecule has 1 aliphatic carbocycles. The second-order valence-electron chi connectivity index (χ2n) is 6.04. The molecule has 1 aliphatic heterocycles. The van der Waals surface area contributed by atoms with E-state index < -0.39 is 11.4 Å². The van der Waals surface area contributed by atoms with E-state index in [1.807, 2.05) is 30.3 Å². The first kappa shape index (κ1) is 16.0. The van der Waals surface area contributed by atoms with Crippen molar-refractivity contribution < 1.29 is 14.1 Å². The van der Waals surface area contributed by atoms with Crippen LogP contribution in [0.15, 0.2) is 46.9 Å². The molecule has 4 rings (SSSR count). The Morgan fingerprint density at radius 3 is 2.71 bits per heavy atom. The maximum absolute atomic E-state index is 11.9. The summed E-state index contributed by atoms with van der Waals surface area (Å²) in [6.45, 7) is 0. The van der Waals surface area contributed by atoms with Crippen LogP contribution < -0.4 is 9.46 Å². The molecule has 2 aromatic rings. The van der Waals surface area contributed by atoms with E-state index in [0.29, 0.717) is 0 Å². The molecule has 124 valence electrons. The minimum absolute atomic E-state index is 0.0622. The molecule has 1 heterocycles. The van der Waals surface area contributed by atoms with E-state index in [2.05, 4.69) is 32.8 Å². The first-order chi connectivity index (χ1) is 11.6. The average molecular weight is 406 g/mol. The Balaban J connectivity index is 1.49. The lowest BCUT2D eigenvalue weighted by atomic mass is 10.1. The molecule has 1 saturated heterocycles. The molecule has 0 radical (unpaired) electrons. The van der Waals surface area contributed by atoms with Gasteiger partial charge in [-0.2, -0.15) is 4.72 Å². The lowest BCUT2D eigenvalue weighted by molar-refractivity contribution is -0.118. The molecule has 4 nitrogen and oxygen atoms in total. The Kier molecular flexibility index (Phi) is 4.28. The third-order valence-corrected chi connectivity index (χ3v) is 6.66. The number of fused-ring (bicyclic) bond motifs is 1. The van der Waals surface area contributed by atoms with E-state index in [1.165, 1.54) is 11.1 Å². The summed E-state index contributed by atoms with van der Waals surface area (Å²) in [5.74, 6) is 0.631. The van der Waals surface area contributed by atoms with Gasteiger partial charge >= 0.3 is 0 Å². The van der Waals surface area contributed by atoms with E-state index in [4.69, 9.17) is 4.74 Å². The molecule has 24 heavy (non-hydrogen) atoms. The predicted octanol–water partition coefficient (Wildman–Crippen LogP) is 3.74. The van der Waals surface area contributed by atoms with Crippen LogP contribution in [0.4, 0.5) is 0 Å². The van der Waals surface area contributed by atoms with Gasteiger partial charge in [0.2, 0.25) is 0 Å². The van der Waals surface area contributed by atoms with Gasteiger partial charge in [0.15, 0.2) is 5.25 Å². The van der Waals surface area contributed by atoms with Gasteiger partial charge in [-0.15, -0.1) is 0 Å². The van der Waals surface area contributed by atoms with E-state index in [9.17, 15) is 9.35 Å².